The first-order chi connectivity index (χ1) is 10.2. The lowest BCUT2D eigenvalue weighted by Crippen LogP contribution is -1.95. The molecular weight excluding hydrogens is 312 g/mol. The standard InChI is InChI=1S/C14H17ClN2O3S/c1-18-10-7-9(8-11(19-2)13(10)20-3)14-17-16-12(21-14)5-4-6-15/h7-8H,4-6H2,1-3H3. The van der Waals surface area contributed by atoms with Crippen molar-refractivity contribution in [2.75, 3.05) is 27.2 Å². The highest BCUT2D eigenvalue weighted by molar-refractivity contribution is 7.14. The first kappa shape index (κ1) is 15.9. The first-order valence-electron chi connectivity index (χ1n) is 6.42. The molecule has 0 spiro atoms. The number of alkyl halides is 1. The molecule has 0 bridgehead atoms. The fraction of sp³-hybridized carbons (Fsp3) is 0.429. The van der Waals surface area contributed by atoms with Crippen molar-refractivity contribution in [3.63, 3.8) is 0 Å². The second kappa shape index (κ2) is 7.47. The topological polar surface area (TPSA) is 53.5 Å². The Kier molecular flexibility index (Phi) is 5.64. The van der Waals surface area contributed by atoms with E-state index in [0.29, 0.717) is 23.1 Å². The largest absolute Gasteiger partial charge is 0.493 e. The lowest BCUT2D eigenvalue weighted by molar-refractivity contribution is 0.324. The Morgan fingerprint density at radius 3 is 2.24 bits per heavy atom. The van der Waals surface area contributed by atoms with Gasteiger partial charge in [-0.2, -0.15) is 0 Å². The third-order valence-electron chi connectivity index (χ3n) is 2.90. The molecule has 0 aliphatic heterocycles. The van der Waals surface area contributed by atoms with Gasteiger partial charge in [0.25, 0.3) is 0 Å². The van der Waals surface area contributed by atoms with Gasteiger partial charge in [-0.15, -0.1) is 21.8 Å². The minimum Gasteiger partial charge on any atom is -0.493 e. The van der Waals surface area contributed by atoms with Crippen LogP contribution in [-0.4, -0.2) is 37.4 Å². The second-order valence-electron chi connectivity index (χ2n) is 4.21. The Hall–Kier alpha value is -1.53. The van der Waals surface area contributed by atoms with Crippen molar-refractivity contribution in [3.8, 4) is 27.8 Å². The molecule has 0 amide bonds. The molecule has 114 valence electrons. The number of aryl methyl sites for hydroxylation is 1. The highest BCUT2D eigenvalue weighted by Crippen LogP contribution is 2.41. The molecule has 0 fully saturated rings. The van der Waals surface area contributed by atoms with Crippen LogP contribution in [0, 0.1) is 0 Å². The molecule has 1 aromatic heterocycles. The van der Waals surface area contributed by atoms with Gasteiger partial charge in [-0.3, -0.25) is 0 Å². The molecular formula is C14H17ClN2O3S. The minimum atomic E-state index is 0.565. The van der Waals surface area contributed by atoms with Gasteiger partial charge in [0.2, 0.25) is 5.75 Å². The van der Waals surface area contributed by atoms with Crippen molar-refractivity contribution < 1.29 is 14.2 Å². The normalized spacial score (nSPS) is 10.5. The predicted octanol–water partition coefficient (Wildman–Crippen LogP) is 3.40. The molecule has 5 nitrogen and oxygen atoms in total. The Bertz CT molecular complexity index is 579. The summed E-state index contributed by atoms with van der Waals surface area (Å²) in [4.78, 5) is 0. The van der Waals surface area contributed by atoms with Gasteiger partial charge in [0, 0.05) is 17.9 Å². The Labute approximate surface area is 132 Å². The summed E-state index contributed by atoms with van der Waals surface area (Å²) >= 11 is 7.24. The molecule has 0 unspecified atom stereocenters. The zero-order valence-electron chi connectivity index (χ0n) is 12.2. The molecule has 2 rings (SSSR count). The van der Waals surface area contributed by atoms with Gasteiger partial charge in [-0.05, 0) is 18.6 Å². The summed E-state index contributed by atoms with van der Waals surface area (Å²) in [5.41, 5.74) is 0.888. The highest BCUT2D eigenvalue weighted by Gasteiger charge is 2.16. The number of aromatic nitrogens is 2. The molecule has 0 radical (unpaired) electrons. The van der Waals surface area contributed by atoms with Gasteiger partial charge in [0.05, 0.1) is 21.3 Å². The third kappa shape index (κ3) is 3.57. The number of rotatable bonds is 7. The van der Waals surface area contributed by atoms with Gasteiger partial charge in [-0.1, -0.05) is 11.3 Å². The molecule has 0 saturated heterocycles. The molecule has 7 heteroatoms. The van der Waals surface area contributed by atoms with E-state index >= 15 is 0 Å². The van der Waals surface area contributed by atoms with Crippen molar-refractivity contribution in [3.05, 3.63) is 17.1 Å². The molecule has 1 heterocycles. The molecule has 0 saturated carbocycles. The zero-order chi connectivity index (χ0) is 15.2. The summed E-state index contributed by atoms with van der Waals surface area (Å²) in [7, 11) is 4.76. The number of methoxy groups -OCH3 is 3. The molecule has 0 atom stereocenters. The van der Waals surface area contributed by atoms with Crippen LogP contribution in [0.3, 0.4) is 0 Å². The lowest BCUT2D eigenvalue weighted by Gasteiger charge is -2.13. The molecule has 21 heavy (non-hydrogen) atoms. The maximum absolute atomic E-state index is 5.70. The summed E-state index contributed by atoms with van der Waals surface area (Å²) in [6.45, 7) is 0. The minimum absolute atomic E-state index is 0.565. The first-order valence-corrected chi connectivity index (χ1v) is 7.77. The monoisotopic (exact) mass is 328 g/mol. The summed E-state index contributed by atoms with van der Waals surface area (Å²) in [6.07, 6.45) is 1.73. The van der Waals surface area contributed by atoms with E-state index in [1.807, 2.05) is 12.1 Å². The molecule has 0 aliphatic carbocycles. The van der Waals surface area contributed by atoms with E-state index in [4.69, 9.17) is 25.8 Å². The average Bonchev–Trinajstić information content (AvgIpc) is 3.00. The van der Waals surface area contributed by atoms with E-state index in [1.54, 1.807) is 32.7 Å². The van der Waals surface area contributed by atoms with Crippen LogP contribution in [0.4, 0.5) is 0 Å². The fourth-order valence-electron chi connectivity index (χ4n) is 1.89. The number of halogens is 1. The lowest BCUT2D eigenvalue weighted by atomic mass is 10.2. The number of benzene rings is 1. The maximum atomic E-state index is 5.70. The Morgan fingerprint density at radius 2 is 1.71 bits per heavy atom. The second-order valence-corrected chi connectivity index (χ2v) is 5.65. The molecule has 1 aromatic carbocycles. The van der Waals surface area contributed by atoms with Gasteiger partial charge < -0.3 is 14.2 Å². The Balaban J connectivity index is 2.37. The van der Waals surface area contributed by atoms with Crippen LogP contribution in [0.5, 0.6) is 17.2 Å². The quantitative estimate of drug-likeness (QED) is 0.729. The van der Waals surface area contributed by atoms with Crippen LogP contribution in [0.1, 0.15) is 11.4 Å². The van der Waals surface area contributed by atoms with Gasteiger partial charge in [0.15, 0.2) is 11.5 Å². The number of nitrogens with zero attached hydrogens (tertiary/aromatic N) is 2. The summed E-state index contributed by atoms with van der Waals surface area (Å²) in [6, 6.07) is 3.74. The highest BCUT2D eigenvalue weighted by atomic mass is 35.5. The van der Waals surface area contributed by atoms with Crippen LogP contribution in [0.25, 0.3) is 10.6 Å². The van der Waals surface area contributed by atoms with E-state index in [0.717, 1.165) is 28.4 Å². The van der Waals surface area contributed by atoms with Crippen molar-refractivity contribution in [1.82, 2.24) is 10.2 Å². The van der Waals surface area contributed by atoms with Crippen molar-refractivity contribution in [1.29, 1.82) is 0 Å². The van der Waals surface area contributed by atoms with Crippen molar-refractivity contribution in [2.45, 2.75) is 12.8 Å². The fourth-order valence-corrected chi connectivity index (χ4v) is 2.90. The van der Waals surface area contributed by atoms with E-state index in [-0.39, 0.29) is 0 Å². The summed E-state index contributed by atoms with van der Waals surface area (Å²) in [5, 5.41) is 10.2. The Morgan fingerprint density at radius 1 is 1.05 bits per heavy atom. The van der Waals surface area contributed by atoms with Gasteiger partial charge in [0.1, 0.15) is 10.0 Å². The molecule has 2 aromatic rings. The van der Waals surface area contributed by atoms with Crippen LogP contribution in [-0.2, 0) is 6.42 Å². The van der Waals surface area contributed by atoms with E-state index in [2.05, 4.69) is 10.2 Å². The van der Waals surface area contributed by atoms with Crippen molar-refractivity contribution in [2.24, 2.45) is 0 Å². The number of hydrogen-bond acceptors (Lipinski definition) is 6. The zero-order valence-corrected chi connectivity index (χ0v) is 13.8. The third-order valence-corrected chi connectivity index (χ3v) is 4.20. The summed E-state index contributed by atoms with van der Waals surface area (Å²) < 4.78 is 16.0. The SMILES string of the molecule is COc1cc(-c2nnc(CCCCl)s2)cc(OC)c1OC. The van der Waals surface area contributed by atoms with Crippen LogP contribution in [0.15, 0.2) is 12.1 Å². The summed E-state index contributed by atoms with van der Waals surface area (Å²) in [5.74, 6) is 2.39. The van der Waals surface area contributed by atoms with E-state index in [9.17, 15) is 0 Å². The van der Waals surface area contributed by atoms with Crippen molar-refractivity contribution >= 4 is 22.9 Å². The molecule has 0 aliphatic rings. The van der Waals surface area contributed by atoms with E-state index < -0.39 is 0 Å². The van der Waals surface area contributed by atoms with Crippen LogP contribution < -0.4 is 14.2 Å². The smallest absolute Gasteiger partial charge is 0.203 e. The average molecular weight is 329 g/mol. The van der Waals surface area contributed by atoms with E-state index in [1.165, 1.54) is 0 Å². The van der Waals surface area contributed by atoms with Gasteiger partial charge in [-0.25, -0.2) is 0 Å². The maximum Gasteiger partial charge on any atom is 0.203 e. The predicted molar refractivity (Wildman–Crippen MR) is 84.0 cm³/mol. The number of hydrogen-bond donors (Lipinski definition) is 0. The van der Waals surface area contributed by atoms with Crippen LogP contribution >= 0.6 is 22.9 Å². The molecule has 0 N–H and O–H groups in total. The number of ether oxygens (including phenoxy) is 3. The van der Waals surface area contributed by atoms with Gasteiger partial charge >= 0.3 is 0 Å². The van der Waals surface area contributed by atoms with Crippen LogP contribution in [0.2, 0.25) is 0 Å².